The maximum atomic E-state index is 12.3. The molecule has 0 radical (unpaired) electrons. The van der Waals surface area contributed by atoms with Gasteiger partial charge in [-0.3, -0.25) is 9.59 Å². The first kappa shape index (κ1) is 17.2. The van der Waals surface area contributed by atoms with Crippen molar-refractivity contribution in [2.75, 3.05) is 6.54 Å². The lowest BCUT2D eigenvalue weighted by atomic mass is 9.95. The minimum atomic E-state index is -0.947. The number of rotatable bonds is 8. The highest BCUT2D eigenvalue weighted by Gasteiger charge is 2.23. The molecule has 0 bridgehead atoms. The van der Waals surface area contributed by atoms with E-state index in [1.54, 1.807) is 0 Å². The fourth-order valence-corrected chi connectivity index (χ4v) is 2.28. The van der Waals surface area contributed by atoms with Crippen molar-refractivity contribution in [3.63, 3.8) is 0 Å². The van der Waals surface area contributed by atoms with Crippen LogP contribution in [-0.4, -0.2) is 23.5 Å². The number of amides is 1. The molecule has 1 aromatic rings. The van der Waals surface area contributed by atoms with Gasteiger partial charge in [0, 0.05) is 6.54 Å². The molecule has 0 heterocycles. The molecule has 0 aliphatic carbocycles. The van der Waals surface area contributed by atoms with Crippen LogP contribution in [0.15, 0.2) is 30.3 Å². The van der Waals surface area contributed by atoms with E-state index in [9.17, 15) is 9.59 Å². The van der Waals surface area contributed by atoms with E-state index in [1.807, 2.05) is 44.2 Å². The number of nitrogens with two attached hydrogens (primary N) is 1. The zero-order valence-electron chi connectivity index (χ0n) is 12.6. The molecule has 0 aliphatic heterocycles. The Kier molecular flexibility index (Phi) is 6.88. The third-order valence-electron chi connectivity index (χ3n) is 3.31. The standard InChI is InChI=1S/C16H24N2O3/c1-11(2)8-13(10-17)16(21)18-14(9-15(19)20)12-6-4-3-5-7-12/h3-7,11,13-14H,8-10,17H2,1-2H3,(H,18,21)(H,19,20). The summed E-state index contributed by atoms with van der Waals surface area (Å²) >= 11 is 0. The average Bonchev–Trinajstić information content (AvgIpc) is 2.44. The van der Waals surface area contributed by atoms with Crippen LogP contribution >= 0.6 is 0 Å². The molecule has 1 aromatic carbocycles. The topological polar surface area (TPSA) is 92.4 Å². The fraction of sp³-hybridized carbons (Fsp3) is 0.500. The summed E-state index contributed by atoms with van der Waals surface area (Å²) in [6, 6.07) is 8.60. The van der Waals surface area contributed by atoms with Crippen molar-refractivity contribution in [1.29, 1.82) is 0 Å². The predicted octanol–water partition coefficient (Wildman–Crippen LogP) is 1.94. The lowest BCUT2D eigenvalue weighted by Crippen LogP contribution is -2.38. The summed E-state index contributed by atoms with van der Waals surface area (Å²) in [5.74, 6) is -1.05. The number of nitrogens with one attached hydrogen (secondary N) is 1. The van der Waals surface area contributed by atoms with Crippen LogP contribution in [0.5, 0.6) is 0 Å². The van der Waals surface area contributed by atoms with Crippen LogP contribution in [-0.2, 0) is 9.59 Å². The molecule has 1 amide bonds. The van der Waals surface area contributed by atoms with Crippen LogP contribution in [0.1, 0.15) is 38.3 Å². The highest BCUT2D eigenvalue weighted by atomic mass is 16.4. The van der Waals surface area contributed by atoms with Gasteiger partial charge >= 0.3 is 5.97 Å². The van der Waals surface area contributed by atoms with Crippen LogP contribution in [0.25, 0.3) is 0 Å². The number of aliphatic carboxylic acids is 1. The van der Waals surface area contributed by atoms with Crippen molar-refractivity contribution in [1.82, 2.24) is 5.32 Å². The highest BCUT2D eigenvalue weighted by molar-refractivity contribution is 5.80. The Labute approximate surface area is 125 Å². The number of carbonyl (C=O) groups is 2. The molecule has 0 saturated carbocycles. The number of hydrogen-bond donors (Lipinski definition) is 3. The van der Waals surface area contributed by atoms with Crippen LogP contribution in [0.2, 0.25) is 0 Å². The quantitative estimate of drug-likeness (QED) is 0.682. The Balaban J connectivity index is 2.81. The normalized spacial score (nSPS) is 13.7. The number of hydrogen-bond acceptors (Lipinski definition) is 3. The molecule has 5 nitrogen and oxygen atoms in total. The number of benzene rings is 1. The smallest absolute Gasteiger partial charge is 0.305 e. The monoisotopic (exact) mass is 292 g/mol. The van der Waals surface area contributed by atoms with E-state index in [0.29, 0.717) is 12.3 Å². The van der Waals surface area contributed by atoms with Crippen molar-refractivity contribution >= 4 is 11.9 Å². The molecular weight excluding hydrogens is 268 g/mol. The molecule has 2 atom stereocenters. The van der Waals surface area contributed by atoms with Crippen LogP contribution in [0.3, 0.4) is 0 Å². The van der Waals surface area contributed by atoms with Crippen LogP contribution < -0.4 is 11.1 Å². The van der Waals surface area contributed by atoms with Crippen molar-refractivity contribution in [3.05, 3.63) is 35.9 Å². The molecule has 0 aliphatic rings. The van der Waals surface area contributed by atoms with Crippen LogP contribution in [0, 0.1) is 11.8 Å². The molecule has 0 saturated heterocycles. The molecule has 21 heavy (non-hydrogen) atoms. The zero-order valence-corrected chi connectivity index (χ0v) is 12.6. The van der Waals surface area contributed by atoms with Crippen molar-refractivity contribution < 1.29 is 14.7 Å². The van der Waals surface area contributed by atoms with E-state index in [-0.39, 0.29) is 24.8 Å². The van der Waals surface area contributed by atoms with Gasteiger partial charge in [0.2, 0.25) is 5.91 Å². The van der Waals surface area contributed by atoms with Gasteiger partial charge in [-0.25, -0.2) is 0 Å². The van der Waals surface area contributed by atoms with E-state index < -0.39 is 12.0 Å². The number of carbonyl (C=O) groups excluding carboxylic acids is 1. The SMILES string of the molecule is CC(C)CC(CN)C(=O)NC(CC(=O)O)c1ccccc1. The zero-order chi connectivity index (χ0) is 15.8. The van der Waals surface area contributed by atoms with Gasteiger partial charge in [0.1, 0.15) is 0 Å². The summed E-state index contributed by atoms with van der Waals surface area (Å²) in [6.07, 6.45) is 0.547. The van der Waals surface area contributed by atoms with Gasteiger partial charge in [-0.1, -0.05) is 44.2 Å². The molecule has 116 valence electrons. The Morgan fingerprint density at radius 2 is 1.86 bits per heavy atom. The van der Waals surface area contributed by atoms with Gasteiger partial charge in [0.25, 0.3) is 0 Å². The lowest BCUT2D eigenvalue weighted by Gasteiger charge is -2.22. The first-order valence-electron chi connectivity index (χ1n) is 7.21. The Morgan fingerprint density at radius 1 is 1.24 bits per heavy atom. The molecule has 0 aromatic heterocycles. The summed E-state index contributed by atoms with van der Waals surface area (Å²) in [4.78, 5) is 23.3. The predicted molar refractivity (Wildman–Crippen MR) is 81.6 cm³/mol. The van der Waals surface area contributed by atoms with Crippen molar-refractivity contribution in [2.45, 2.75) is 32.7 Å². The number of carboxylic acid groups (broad SMARTS) is 1. The van der Waals surface area contributed by atoms with Gasteiger partial charge in [-0.2, -0.15) is 0 Å². The van der Waals surface area contributed by atoms with Gasteiger partial charge < -0.3 is 16.2 Å². The van der Waals surface area contributed by atoms with E-state index in [4.69, 9.17) is 10.8 Å². The third kappa shape index (κ3) is 5.95. The first-order chi connectivity index (χ1) is 9.93. The van der Waals surface area contributed by atoms with E-state index in [2.05, 4.69) is 5.32 Å². The van der Waals surface area contributed by atoms with Gasteiger partial charge in [0.05, 0.1) is 18.4 Å². The summed E-state index contributed by atoms with van der Waals surface area (Å²) in [5, 5.41) is 11.8. The van der Waals surface area contributed by atoms with Gasteiger partial charge in [-0.15, -0.1) is 0 Å². The first-order valence-corrected chi connectivity index (χ1v) is 7.21. The molecule has 0 spiro atoms. The van der Waals surface area contributed by atoms with Crippen LogP contribution in [0.4, 0.5) is 0 Å². The van der Waals surface area contributed by atoms with E-state index >= 15 is 0 Å². The highest BCUT2D eigenvalue weighted by Crippen LogP contribution is 2.19. The maximum Gasteiger partial charge on any atom is 0.305 e. The lowest BCUT2D eigenvalue weighted by molar-refractivity contribution is -0.138. The van der Waals surface area contributed by atoms with Gasteiger partial charge in [0.15, 0.2) is 0 Å². The minimum absolute atomic E-state index is 0.144. The minimum Gasteiger partial charge on any atom is -0.481 e. The second kappa shape index (κ2) is 8.42. The summed E-state index contributed by atoms with van der Waals surface area (Å²) in [7, 11) is 0. The second-order valence-electron chi connectivity index (χ2n) is 5.63. The largest absolute Gasteiger partial charge is 0.481 e. The fourth-order valence-electron chi connectivity index (χ4n) is 2.28. The summed E-state index contributed by atoms with van der Waals surface area (Å²) in [6.45, 7) is 4.32. The Morgan fingerprint density at radius 3 is 2.33 bits per heavy atom. The second-order valence-corrected chi connectivity index (χ2v) is 5.63. The molecule has 2 unspecified atom stereocenters. The van der Waals surface area contributed by atoms with Gasteiger partial charge in [-0.05, 0) is 17.9 Å². The third-order valence-corrected chi connectivity index (χ3v) is 3.31. The van der Waals surface area contributed by atoms with E-state index in [0.717, 1.165) is 5.56 Å². The van der Waals surface area contributed by atoms with Crippen molar-refractivity contribution in [2.24, 2.45) is 17.6 Å². The number of carboxylic acids is 1. The summed E-state index contributed by atoms with van der Waals surface area (Å²) < 4.78 is 0. The molecule has 1 rings (SSSR count). The van der Waals surface area contributed by atoms with E-state index in [1.165, 1.54) is 0 Å². The maximum absolute atomic E-state index is 12.3. The molecule has 0 fully saturated rings. The molecule has 5 heteroatoms. The molecule has 4 N–H and O–H groups in total. The average molecular weight is 292 g/mol. The Bertz CT molecular complexity index is 460. The molecular formula is C16H24N2O3. The van der Waals surface area contributed by atoms with Crippen molar-refractivity contribution in [3.8, 4) is 0 Å². The Hall–Kier alpha value is -1.88. The summed E-state index contributed by atoms with van der Waals surface area (Å²) in [5.41, 5.74) is 6.45.